The smallest absolute Gasteiger partial charge is 0.446 e. The van der Waals surface area contributed by atoms with Gasteiger partial charge in [0.2, 0.25) is 0 Å². The number of benzene rings is 1. The number of allylic oxidation sites excluding steroid dienone is 4. The van der Waals surface area contributed by atoms with E-state index in [0.717, 1.165) is 30.5 Å². The number of halogens is 3. The molecule has 6 nitrogen and oxygen atoms in total. The van der Waals surface area contributed by atoms with Crippen LogP contribution in [0.4, 0.5) is 23.7 Å². The first-order valence-electron chi connectivity index (χ1n) is 13.1. The van der Waals surface area contributed by atoms with Gasteiger partial charge in [-0.3, -0.25) is 14.9 Å². The van der Waals surface area contributed by atoms with Gasteiger partial charge in [-0.2, -0.15) is 0 Å². The van der Waals surface area contributed by atoms with Crippen LogP contribution < -0.4 is 10.1 Å². The van der Waals surface area contributed by atoms with Crippen LogP contribution in [0.25, 0.3) is 0 Å². The van der Waals surface area contributed by atoms with E-state index in [2.05, 4.69) is 30.0 Å². The van der Waals surface area contributed by atoms with Crippen LogP contribution in [0.15, 0.2) is 48.1 Å². The molecule has 7 atom stereocenters. The van der Waals surface area contributed by atoms with Crippen LogP contribution in [0, 0.1) is 34.5 Å². The summed E-state index contributed by atoms with van der Waals surface area (Å²) in [5, 5.41) is 2.55. The van der Waals surface area contributed by atoms with Gasteiger partial charge in [0.05, 0.1) is 0 Å². The maximum absolute atomic E-state index is 13.1. The predicted octanol–water partition coefficient (Wildman–Crippen LogP) is 6.63. The van der Waals surface area contributed by atoms with Crippen LogP contribution in [-0.4, -0.2) is 30.1 Å². The maximum atomic E-state index is 13.1. The Labute approximate surface area is 219 Å². The van der Waals surface area contributed by atoms with Crippen LogP contribution in [0.1, 0.15) is 52.9 Å². The number of rotatable bonds is 4. The van der Waals surface area contributed by atoms with Crippen LogP contribution in [-0.2, 0) is 14.3 Å². The molecule has 1 aromatic carbocycles. The molecule has 0 spiro atoms. The number of nitrogens with one attached hydrogen (secondary N) is 1. The molecule has 4 aliphatic carbocycles. The van der Waals surface area contributed by atoms with Crippen LogP contribution in [0.5, 0.6) is 5.75 Å². The van der Waals surface area contributed by atoms with Gasteiger partial charge in [0, 0.05) is 30.0 Å². The van der Waals surface area contributed by atoms with E-state index in [1.165, 1.54) is 12.1 Å². The van der Waals surface area contributed by atoms with Crippen molar-refractivity contribution in [3.63, 3.8) is 0 Å². The Kier molecular flexibility index (Phi) is 6.47. The summed E-state index contributed by atoms with van der Waals surface area (Å²) in [6.45, 7) is 5.86. The molecule has 0 unspecified atom stereocenters. The number of alkyl halides is 3. The quantitative estimate of drug-likeness (QED) is 0.472. The summed E-state index contributed by atoms with van der Waals surface area (Å²) >= 11 is 0. The normalized spacial score (nSPS) is 35.9. The van der Waals surface area contributed by atoms with Gasteiger partial charge in [-0.15, -0.1) is 13.2 Å². The number of ether oxygens (including phenoxy) is 2. The molecule has 0 saturated heterocycles. The minimum absolute atomic E-state index is 0.0646. The van der Waals surface area contributed by atoms with Crippen LogP contribution in [0.2, 0.25) is 0 Å². The Morgan fingerprint density at radius 3 is 2.63 bits per heavy atom. The molecular weight excluding hydrogens is 499 g/mol. The summed E-state index contributed by atoms with van der Waals surface area (Å²) in [6.07, 6.45) is 2.92. The van der Waals surface area contributed by atoms with Crippen molar-refractivity contribution in [3.8, 4) is 5.75 Å². The lowest BCUT2D eigenvalue weighted by atomic mass is 9.47. The van der Waals surface area contributed by atoms with E-state index in [1.54, 1.807) is 13.0 Å². The standard InChI is InChI=1S/C29H32F3NO5/c1-16(34)22-9-10-23-21-8-7-17-13-19(35)11-12-27(17,2)25(21)24(15-28(22,23)3)37-26(36)33-18-5-4-6-20(14-18)38-29(30,31)32/h4-8,13-14,21-25H,9-12,15H2,1-3H3,(H,33,36)/t21-,22+,23-,24-,25-,27+,28+/m0/s1. The third-order valence-electron chi connectivity index (χ3n) is 9.49. The highest BCUT2D eigenvalue weighted by atomic mass is 19.4. The van der Waals surface area contributed by atoms with Gasteiger partial charge in [-0.05, 0) is 79.1 Å². The van der Waals surface area contributed by atoms with Crippen LogP contribution >= 0.6 is 0 Å². The second-order valence-electron chi connectivity index (χ2n) is 11.6. The van der Waals surface area contributed by atoms with Crippen molar-refractivity contribution in [2.24, 2.45) is 34.5 Å². The fraction of sp³-hybridized carbons (Fsp3) is 0.552. The largest absolute Gasteiger partial charge is 0.573 e. The predicted molar refractivity (Wildman–Crippen MR) is 133 cm³/mol. The van der Waals surface area contributed by atoms with Gasteiger partial charge in [-0.1, -0.05) is 32.1 Å². The lowest BCUT2D eigenvalue weighted by Crippen LogP contribution is -2.57. The molecular formula is C29H32F3NO5. The number of Topliss-reactive ketones (excluding diaryl/α,β-unsaturated/α-hetero) is 1. The number of fused-ring (bicyclic) bond motifs is 5. The second kappa shape index (κ2) is 9.27. The summed E-state index contributed by atoms with van der Waals surface area (Å²) in [7, 11) is 0. The van der Waals surface area contributed by atoms with Crippen molar-refractivity contribution in [1.82, 2.24) is 0 Å². The Morgan fingerprint density at radius 2 is 1.92 bits per heavy atom. The summed E-state index contributed by atoms with van der Waals surface area (Å²) in [5.74, 6) is -0.165. The first-order valence-corrected chi connectivity index (χ1v) is 13.1. The molecule has 0 aromatic heterocycles. The van der Waals surface area contributed by atoms with E-state index in [-0.39, 0.29) is 51.8 Å². The molecule has 1 aromatic rings. The SMILES string of the molecule is CC(=O)[C@H]1CC[C@H]2[C@@H]3C=CC4=CC(=O)CC[C@@]4(C)[C@@H]3[C@@H](OC(=O)Nc3cccc(OC(F)(F)F)c3)C[C@]12C. The number of ketones is 2. The average Bonchev–Trinajstić information content (AvgIpc) is 3.15. The zero-order valence-electron chi connectivity index (χ0n) is 21.6. The van der Waals surface area contributed by atoms with Crippen LogP contribution in [0.3, 0.4) is 0 Å². The minimum Gasteiger partial charge on any atom is -0.446 e. The zero-order chi connectivity index (χ0) is 27.5. The molecule has 4 aliphatic rings. The van der Waals surface area contributed by atoms with Gasteiger partial charge in [0.25, 0.3) is 0 Å². The molecule has 204 valence electrons. The van der Waals surface area contributed by atoms with E-state index < -0.39 is 24.3 Å². The molecule has 1 N–H and O–H groups in total. The van der Waals surface area contributed by atoms with Crippen molar-refractivity contribution < 1.29 is 37.0 Å². The number of carbonyl (C=O) groups is 3. The number of carbonyl (C=O) groups excluding carboxylic acids is 3. The topological polar surface area (TPSA) is 81.7 Å². The van der Waals surface area contributed by atoms with Crippen molar-refractivity contribution in [2.75, 3.05) is 5.32 Å². The fourth-order valence-corrected chi connectivity index (χ4v) is 7.93. The summed E-state index contributed by atoms with van der Waals surface area (Å²) in [4.78, 5) is 38.0. The van der Waals surface area contributed by atoms with Crippen molar-refractivity contribution in [3.05, 3.63) is 48.1 Å². The van der Waals surface area contributed by atoms with Gasteiger partial charge < -0.3 is 9.47 Å². The fourth-order valence-electron chi connectivity index (χ4n) is 7.93. The third-order valence-corrected chi connectivity index (χ3v) is 9.49. The van der Waals surface area contributed by atoms with E-state index in [9.17, 15) is 27.6 Å². The van der Waals surface area contributed by atoms with Crippen molar-refractivity contribution in [1.29, 1.82) is 0 Å². The number of hydrogen-bond donors (Lipinski definition) is 1. The Bertz CT molecular complexity index is 1220. The summed E-state index contributed by atoms with van der Waals surface area (Å²) < 4.78 is 48.0. The zero-order valence-corrected chi connectivity index (χ0v) is 21.6. The van der Waals surface area contributed by atoms with E-state index in [4.69, 9.17) is 4.74 Å². The molecule has 5 rings (SSSR count). The molecule has 0 radical (unpaired) electrons. The van der Waals surface area contributed by atoms with Gasteiger partial charge in [-0.25, -0.2) is 4.79 Å². The first-order chi connectivity index (χ1) is 17.8. The van der Waals surface area contributed by atoms with Gasteiger partial charge >= 0.3 is 12.5 Å². The number of amides is 1. The Balaban J connectivity index is 1.45. The molecule has 2 saturated carbocycles. The second-order valence-corrected chi connectivity index (χ2v) is 11.6. The molecule has 0 bridgehead atoms. The number of anilines is 1. The lowest BCUT2D eigenvalue weighted by Gasteiger charge is -2.58. The highest BCUT2D eigenvalue weighted by Crippen LogP contribution is 2.65. The van der Waals surface area contributed by atoms with Crippen molar-refractivity contribution >= 4 is 23.3 Å². The van der Waals surface area contributed by atoms with Gasteiger partial charge in [0.1, 0.15) is 17.6 Å². The lowest BCUT2D eigenvalue weighted by molar-refractivity contribution is -0.274. The Hall–Kier alpha value is -3.10. The maximum Gasteiger partial charge on any atom is 0.573 e. The molecule has 1 amide bonds. The molecule has 9 heteroatoms. The highest BCUT2D eigenvalue weighted by molar-refractivity contribution is 5.92. The third kappa shape index (κ3) is 4.64. The van der Waals surface area contributed by atoms with E-state index in [1.807, 2.05) is 6.08 Å². The van der Waals surface area contributed by atoms with Gasteiger partial charge in [0.15, 0.2) is 5.78 Å². The van der Waals surface area contributed by atoms with E-state index in [0.29, 0.717) is 19.3 Å². The number of hydrogen-bond acceptors (Lipinski definition) is 5. The Morgan fingerprint density at radius 1 is 1.16 bits per heavy atom. The average molecular weight is 532 g/mol. The van der Waals surface area contributed by atoms with E-state index >= 15 is 0 Å². The molecule has 2 fully saturated rings. The summed E-state index contributed by atoms with van der Waals surface area (Å²) in [6, 6.07) is 5.02. The minimum atomic E-state index is -4.85. The monoisotopic (exact) mass is 531 g/mol. The molecule has 38 heavy (non-hydrogen) atoms. The first kappa shape index (κ1) is 26.5. The summed E-state index contributed by atoms with van der Waals surface area (Å²) in [5.41, 5.74) is 0.305. The molecule has 0 heterocycles. The van der Waals surface area contributed by atoms with Crippen molar-refractivity contribution in [2.45, 2.75) is 65.3 Å². The molecule has 0 aliphatic heterocycles. The highest BCUT2D eigenvalue weighted by Gasteiger charge is 2.63.